The maximum absolute atomic E-state index is 11.5. The lowest BCUT2D eigenvalue weighted by Crippen LogP contribution is -2.33. The van der Waals surface area contributed by atoms with Crippen molar-refractivity contribution in [1.29, 1.82) is 5.41 Å². The van der Waals surface area contributed by atoms with E-state index >= 15 is 0 Å². The van der Waals surface area contributed by atoms with Crippen LogP contribution in [0.15, 0.2) is 30.5 Å². The molecule has 31 heavy (non-hydrogen) atoms. The molecule has 4 rings (SSSR count). The first-order valence-corrected chi connectivity index (χ1v) is 10.5. The number of hydrogen-bond donors (Lipinski definition) is 4. The Balaban J connectivity index is 1.76. The van der Waals surface area contributed by atoms with Crippen LogP contribution in [0.1, 0.15) is 57.9 Å². The molecule has 0 aliphatic carbocycles. The summed E-state index contributed by atoms with van der Waals surface area (Å²) in [5.74, 6) is -0.209. The van der Waals surface area contributed by atoms with Crippen molar-refractivity contribution in [3.8, 4) is 5.75 Å². The van der Waals surface area contributed by atoms with Gasteiger partial charge in [0.25, 0.3) is 0 Å². The minimum absolute atomic E-state index is 0.0512. The summed E-state index contributed by atoms with van der Waals surface area (Å²) in [5.41, 5.74) is 11.4. The number of rotatable bonds is 6. The molecule has 1 unspecified atom stereocenters. The topological polar surface area (TPSA) is 115 Å². The number of aromatic amines is 1. The van der Waals surface area contributed by atoms with Gasteiger partial charge in [-0.05, 0) is 55.6 Å². The van der Waals surface area contributed by atoms with E-state index in [2.05, 4.69) is 28.9 Å². The van der Waals surface area contributed by atoms with Crippen molar-refractivity contribution in [1.82, 2.24) is 9.88 Å². The number of H-pyrrole nitrogens is 1. The fourth-order valence-corrected chi connectivity index (χ4v) is 4.80. The molecule has 162 valence electrons. The Kier molecular flexibility index (Phi) is 5.69. The molecule has 7 heteroatoms. The van der Waals surface area contributed by atoms with E-state index in [0.717, 1.165) is 65.4 Å². The van der Waals surface area contributed by atoms with E-state index in [1.54, 1.807) is 13.2 Å². The molecule has 0 amide bonds. The highest BCUT2D eigenvalue weighted by atomic mass is 16.5. The van der Waals surface area contributed by atoms with E-state index in [4.69, 9.17) is 15.9 Å². The summed E-state index contributed by atoms with van der Waals surface area (Å²) in [7, 11) is 1.70. The fraction of sp³-hybridized carbons (Fsp3) is 0.333. The van der Waals surface area contributed by atoms with Crippen molar-refractivity contribution >= 4 is 28.8 Å². The van der Waals surface area contributed by atoms with Crippen LogP contribution in [0.3, 0.4) is 0 Å². The van der Waals surface area contributed by atoms with Gasteiger partial charge in [-0.1, -0.05) is 12.5 Å². The molecular formula is C24H28N4O3. The highest BCUT2D eigenvalue weighted by Gasteiger charge is 2.29. The number of fused-ring (bicyclic) bond motifs is 1. The number of likely N-dealkylation sites (tertiary alicyclic amines) is 1. The molecule has 1 aliphatic heterocycles. The molecule has 3 aromatic rings. The summed E-state index contributed by atoms with van der Waals surface area (Å²) >= 11 is 0. The number of nitrogens with one attached hydrogen (secondary N) is 2. The Morgan fingerprint density at radius 1 is 1.39 bits per heavy atom. The second-order valence-electron chi connectivity index (χ2n) is 8.10. The first-order valence-electron chi connectivity index (χ1n) is 10.5. The quantitative estimate of drug-likeness (QED) is 0.346. The maximum Gasteiger partial charge on any atom is 0.336 e. The fourth-order valence-electron chi connectivity index (χ4n) is 4.80. The number of aryl methyl sites for hydroxylation is 1. The number of aromatic carboxylic acids is 1. The minimum atomic E-state index is -1.07. The van der Waals surface area contributed by atoms with Crippen LogP contribution in [-0.4, -0.2) is 40.8 Å². The molecule has 0 spiro atoms. The van der Waals surface area contributed by atoms with Crippen molar-refractivity contribution in [2.24, 2.45) is 0 Å². The third-order valence-electron chi connectivity index (χ3n) is 6.36. The van der Waals surface area contributed by atoms with Crippen LogP contribution < -0.4 is 10.5 Å². The van der Waals surface area contributed by atoms with E-state index in [-0.39, 0.29) is 17.2 Å². The lowest BCUT2D eigenvalue weighted by atomic mass is 9.90. The maximum atomic E-state index is 11.5. The second-order valence-corrected chi connectivity index (χ2v) is 8.10. The van der Waals surface area contributed by atoms with Gasteiger partial charge in [0.15, 0.2) is 0 Å². The van der Waals surface area contributed by atoms with E-state index in [0.29, 0.717) is 12.2 Å². The van der Waals surface area contributed by atoms with Gasteiger partial charge in [-0.2, -0.15) is 0 Å². The van der Waals surface area contributed by atoms with Crippen LogP contribution in [0.25, 0.3) is 10.9 Å². The average molecular weight is 421 g/mol. The number of hydrogen-bond acceptors (Lipinski definition) is 5. The van der Waals surface area contributed by atoms with Crippen molar-refractivity contribution in [3.05, 3.63) is 58.3 Å². The van der Waals surface area contributed by atoms with E-state index in [9.17, 15) is 9.90 Å². The molecule has 0 radical (unpaired) electrons. The van der Waals surface area contributed by atoms with Gasteiger partial charge < -0.3 is 26.0 Å². The van der Waals surface area contributed by atoms with Gasteiger partial charge in [0.2, 0.25) is 0 Å². The number of carbonyl (C=O) groups is 1. The lowest BCUT2D eigenvalue weighted by Gasteiger charge is -2.37. The largest absolute Gasteiger partial charge is 0.496 e. The van der Waals surface area contributed by atoms with E-state index in [1.807, 2.05) is 12.3 Å². The van der Waals surface area contributed by atoms with Crippen molar-refractivity contribution in [3.63, 3.8) is 0 Å². The van der Waals surface area contributed by atoms with Crippen LogP contribution in [0.4, 0.5) is 5.69 Å². The molecule has 1 atom stereocenters. The predicted molar refractivity (Wildman–Crippen MR) is 122 cm³/mol. The highest BCUT2D eigenvalue weighted by molar-refractivity contribution is 6.02. The smallest absolute Gasteiger partial charge is 0.336 e. The van der Waals surface area contributed by atoms with Crippen LogP contribution in [0.2, 0.25) is 0 Å². The average Bonchev–Trinajstić information content (AvgIpc) is 3.26. The molecule has 1 fully saturated rings. The van der Waals surface area contributed by atoms with Gasteiger partial charge in [0.05, 0.1) is 12.7 Å². The zero-order valence-electron chi connectivity index (χ0n) is 17.9. The normalized spacial score (nSPS) is 17.0. The third-order valence-corrected chi connectivity index (χ3v) is 6.36. The van der Waals surface area contributed by atoms with Gasteiger partial charge in [0.1, 0.15) is 5.75 Å². The monoisotopic (exact) mass is 420 g/mol. The van der Waals surface area contributed by atoms with Crippen molar-refractivity contribution in [2.45, 2.75) is 38.8 Å². The summed E-state index contributed by atoms with van der Waals surface area (Å²) < 4.78 is 5.73. The second kappa shape index (κ2) is 8.43. The van der Waals surface area contributed by atoms with Gasteiger partial charge in [-0.25, -0.2) is 4.79 Å². The number of anilines is 1. The van der Waals surface area contributed by atoms with Gasteiger partial charge in [-0.3, -0.25) is 4.90 Å². The summed E-state index contributed by atoms with van der Waals surface area (Å²) in [5, 5.41) is 18.3. The molecule has 1 saturated heterocycles. The molecule has 0 saturated carbocycles. The van der Waals surface area contributed by atoms with Crippen molar-refractivity contribution < 1.29 is 14.6 Å². The molecule has 7 nitrogen and oxygen atoms in total. The minimum Gasteiger partial charge on any atom is -0.496 e. The number of benzene rings is 2. The first kappa shape index (κ1) is 20.9. The van der Waals surface area contributed by atoms with Crippen LogP contribution in [-0.2, 0) is 6.54 Å². The summed E-state index contributed by atoms with van der Waals surface area (Å²) in [6.45, 7) is 3.68. The number of ether oxygens (including phenoxy) is 1. The number of nitrogens with zero attached hydrogens (tertiary/aromatic N) is 1. The van der Waals surface area contributed by atoms with E-state index in [1.165, 1.54) is 0 Å². The van der Waals surface area contributed by atoms with Gasteiger partial charge >= 0.3 is 5.97 Å². The van der Waals surface area contributed by atoms with Gasteiger partial charge in [-0.15, -0.1) is 0 Å². The Bertz CT molecular complexity index is 1150. The number of carboxylic acid groups (broad SMARTS) is 1. The van der Waals surface area contributed by atoms with Crippen molar-refractivity contribution in [2.75, 3.05) is 19.4 Å². The third kappa shape index (κ3) is 3.65. The standard InChI is InChI=1S/C24H28N4O3/c1-14-11-21(31-2)19(15-8-9-27-23(14)15)13-28-10-4-3-5-20(28)17-7-6-16(24(29)30)18(12-25)22(17)26/h6-9,11-12,20,25,27H,3-5,10,13,26H2,1-2H3,(H,29,30). The predicted octanol–water partition coefficient (Wildman–Crippen LogP) is 4.49. The Labute approximate surface area is 181 Å². The summed E-state index contributed by atoms with van der Waals surface area (Å²) in [6, 6.07) is 7.58. The highest BCUT2D eigenvalue weighted by Crippen LogP contribution is 2.39. The van der Waals surface area contributed by atoms with Gasteiger partial charge in [0, 0.05) is 52.7 Å². The number of aromatic nitrogens is 1. The Morgan fingerprint density at radius 3 is 2.90 bits per heavy atom. The van der Waals surface area contributed by atoms with Crippen LogP contribution >= 0.6 is 0 Å². The lowest BCUT2D eigenvalue weighted by molar-refractivity contribution is 0.0696. The molecule has 1 aromatic heterocycles. The zero-order valence-corrected chi connectivity index (χ0v) is 17.9. The zero-order chi connectivity index (χ0) is 22.1. The molecule has 2 heterocycles. The number of nitrogen functional groups attached to an aromatic ring is 1. The van der Waals surface area contributed by atoms with E-state index < -0.39 is 5.97 Å². The molecule has 5 N–H and O–H groups in total. The van der Waals surface area contributed by atoms with Crippen LogP contribution in [0.5, 0.6) is 5.75 Å². The van der Waals surface area contributed by atoms with Crippen LogP contribution in [0, 0.1) is 12.3 Å². The number of piperidine rings is 1. The Hall–Kier alpha value is -3.32. The Morgan fingerprint density at radius 2 is 2.19 bits per heavy atom. The SMILES string of the molecule is COc1cc(C)c2[nH]ccc2c1CN1CCCCC1c1ccc(C(=O)O)c(C=N)c1N. The molecular weight excluding hydrogens is 392 g/mol. The molecule has 2 aromatic carbocycles. The summed E-state index contributed by atoms with van der Waals surface area (Å²) in [4.78, 5) is 17.3. The number of methoxy groups -OCH3 is 1. The number of carboxylic acids is 1. The summed E-state index contributed by atoms with van der Waals surface area (Å²) in [6.07, 6.45) is 6.09. The number of nitrogens with two attached hydrogens (primary N) is 1. The molecule has 1 aliphatic rings. The molecule has 0 bridgehead atoms. The first-order chi connectivity index (χ1) is 15.0.